The van der Waals surface area contributed by atoms with Crippen LogP contribution in [0.1, 0.15) is 63.9 Å². The zero-order chi connectivity index (χ0) is 19.9. The molecule has 27 heavy (non-hydrogen) atoms. The summed E-state index contributed by atoms with van der Waals surface area (Å²) in [6.45, 7) is 2.12. The van der Waals surface area contributed by atoms with E-state index in [1.54, 1.807) is 0 Å². The van der Waals surface area contributed by atoms with Crippen LogP contribution in [0.4, 0.5) is 22.0 Å². The molecule has 1 nitrogen and oxygen atoms in total. The third-order valence-corrected chi connectivity index (χ3v) is 5.23. The molecule has 0 bridgehead atoms. The van der Waals surface area contributed by atoms with E-state index >= 15 is 0 Å². The number of ether oxygens (including phenoxy) is 1. The van der Waals surface area contributed by atoms with Gasteiger partial charge in [0.15, 0.2) is 11.6 Å². The Bertz CT molecular complexity index is 592. The molecule has 1 fully saturated rings. The zero-order valence-corrected chi connectivity index (χ0v) is 15.6. The van der Waals surface area contributed by atoms with Crippen molar-refractivity contribution in [3.63, 3.8) is 0 Å². The molecule has 0 heterocycles. The van der Waals surface area contributed by atoms with Gasteiger partial charge in [-0.05, 0) is 61.6 Å². The summed E-state index contributed by atoms with van der Waals surface area (Å²) in [5.41, 5.74) is 0.367. The van der Waals surface area contributed by atoms with Crippen LogP contribution in [0, 0.1) is 23.5 Å². The largest absolute Gasteiger partial charge is 0.573 e. The summed E-state index contributed by atoms with van der Waals surface area (Å²) in [5.74, 6) is -2.76. The third-order valence-electron chi connectivity index (χ3n) is 5.23. The van der Waals surface area contributed by atoms with E-state index in [9.17, 15) is 22.0 Å². The fourth-order valence-electron chi connectivity index (χ4n) is 3.77. The number of allylic oxidation sites excluding steroid dienone is 2. The van der Waals surface area contributed by atoms with Crippen LogP contribution >= 0.6 is 0 Å². The predicted octanol–water partition coefficient (Wildman–Crippen LogP) is 7.35. The second kappa shape index (κ2) is 10.1. The first-order chi connectivity index (χ1) is 12.8. The van der Waals surface area contributed by atoms with E-state index in [4.69, 9.17) is 0 Å². The Morgan fingerprint density at radius 1 is 0.963 bits per heavy atom. The Morgan fingerprint density at radius 2 is 1.52 bits per heavy atom. The fourth-order valence-corrected chi connectivity index (χ4v) is 3.77. The lowest BCUT2D eigenvalue weighted by atomic mass is 9.78. The number of alkyl halides is 3. The highest BCUT2D eigenvalue weighted by atomic mass is 19.4. The van der Waals surface area contributed by atoms with Crippen molar-refractivity contribution in [1.29, 1.82) is 0 Å². The molecular weight excluding hydrogens is 363 g/mol. The van der Waals surface area contributed by atoms with E-state index in [2.05, 4.69) is 23.8 Å². The molecule has 0 aliphatic heterocycles. The highest BCUT2D eigenvalue weighted by Crippen LogP contribution is 2.35. The standard InChI is InChI=1S/C21H27F5O/c1-2-3-4-5-6-15-7-9-16(10-8-15)11-12-17-13-18(22)20(19(23)14-17)27-21(24,25)26/h3-4,13-16H,2,5-12H2,1H3. The van der Waals surface area contributed by atoms with Gasteiger partial charge in [-0.25, -0.2) is 8.78 Å². The molecule has 0 unspecified atom stereocenters. The van der Waals surface area contributed by atoms with Gasteiger partial charge in [-0.3, -0.25) is 0 Å². The summed E-state index contributed by atoms with van der Waals surface area (Å²) in [5, 5.41) is 0. The predicted molar refractivity (Wildman–Crippen MR) is 95.5 cm³/mol. The van der Waals surface area contributed by atoms with Crippen molar-refractivity contribution < 1.29 is 26.7 Å². The summed E-state index contributed by atoms with van der Waals surface area (Å²) in [6, 6.07) is 1.88. The van der Waals surface area contributed by atoms with Crippen molar-refractivity contribution in [2.24, 2.45) is 11.8 Å². The van der Waals surface area contributed by atoms with E-state index < -0.39 is 23.7 Å². The van der Waals surface area contributed by atoms with Gasteiger partial charge in [-0.15, -0.1) is 13.2 Å². The number of rotatable bonds is 8. The quantitative estimate of drug-likeness (QED) is 0.333. The maximum atomic E-state index is 13.8. The van der Waals surface area contributed by atoms with E-state index in [1.165, 1.54) is 19.3 Å². The molecule has 1 aliphatic carbocycles. The minimum Gasteiger partial charge on any atom is -0.399 e. The van der Waals surface area contributed by atoms with Crippen LogP contribution in [0.15, 0.2) is 24.3 Å². The molecule has 0 spiro atoms. The Morgan fingerprint density at radius 3 is 2.04 bits per heavy atom. The van der Waals surface area contributed by atoms with Crippen LogP contribution in [0.25, 0.3) is 0 Å². The minimum atomic E-state index is -5.12. The molecule has 1 aromatic rings. The zero-order valence-electron chi connectivity index (χ0n) is 15.6. The molecule has 0 atom stereocenters. The Hall–Kier alpha value is -1.59. The van der Waals surface area contributed by atoms with Crippen LogP contribution in [0.3, 0.4) is 0 Å². The van der Waals surface area contributed by atoms with Gasteiger partial charge in [0, 0.05) is 0 Å². The summed E-state index contributed by atoms with van der Waals surface area (Å²) in [7, 11) is 0. The van der Waals surface area contributed by atoms with Gasteiger partial charge < -0.3 is 4.74 Å². The van der Waals surface area contributed by atoms with Crippen LogP contribution in [-0.2, 0) is 6.42 Å². The van der Waals surface area contributed by atoms with Gasteiger partial charge in [0.1, 0.15) is 0 Å². The minimum absolute atomic E-state index is 0.367. The van der Waals surface area contributed by atoms with Gasteiger partial charge in [0.25, 0.3) is 0 Å². The first-order valence-corrected chi connectivity index (χ1v) is 9.67. The smallest absolute Gasteiger partial charge is 0.399 e. The summed E-state index contributed by atoms with van der Waals surface area (Å²) in [6.07, 6.45) is 8.49. The van der Waals surface area contributed by atoms with Crippen molar-refractivity contribution in [3.8, 4) is 5.75 Å². The molecule has 0 N–H and O–H groups in total. The molecule has 1 saturated carbocycles. The fraction of sp³-hybridized carbons (Fsp3) is 0.619. The van der Waals surface area contributed by atoms with Crippen molar-refractivity contribution in [2.45, 2.75) is 71.1 Å². The molecule has 0 amide bonds. The van der Waals surface area contributed by atoms with Gasteiger partial charge in [-0.2, -0.15) is 0 Å². The topological polar surface area (TPSA) is 9.23 Å². The van der Waals surface area contributed by atoms with Crippen molar-refractivity contribution in [1.82, 2.24) is 0 Å². The molecule has 6 heteroatoms. The normalized spacial score (nSPS) is 21.0. The van der Waals surface area contributed by atoms with E-state index in [0.29, 0.717) is 17.9 Å². The lowest BCUT2D eigenvalue weighted by Crippen LogP contribution is -2.19. The number of halogens is 5. The second-order valence-electron chi connectivity index (χ2n) is 7.32. The number of benzene rings is 1. The summed E-state index contributed by atoms with van der Waals surface area (Å²) < 4.78 is 67.5. The molecule has 0 aromatic heterocycles. The first kappa shape index (κ1) is 21.7. The highest BCUT2D eigenvalue weighted by molar-refractivity contribution is 5.31. The van der Waals surface area contributed by atoms with Gasteiger partial charge in [0.2, 0.25) is 5.75 Å². The van der Waals surface area contributed by atoms with Crippen molar-refractivity contribution >= 4 is 0 Å². The number of hydrogen-bond donors (Lipinski definition) is 0. The van der Waals surface area contributed by atoms with Gasteiger partial charge in [0.05, 0.1) is 0 Å². The highest BCUT2D eigenvalue weighted by Gasteiger charge is 2.34. The maximum absolute atomic E-state index is 13.8. The first-order valence-electron chi connectivity index (χ1n) is 9.67. The van der Waals surface area contributed by atoms with E-state index in [-0.39, 0.29) is 0 Å². The molecule has 1 aliphatic rings. The average Bonchev–Trinajstić information content (AvgIpc) is 2.60. The second-order valence-corrected chi connectivity index (χ2v) is 7.32. The lowest BCUT2D eigenvalue weighted by molar-refractivity contribution is -0.276. The molecular formula is C21H27F5O. The summed E-state index contributed by atoms with van der Waals surface area (Å²) >= 11 is 0. The van der Waals surface area contributed by atoms with Crippen molar-refractivity contribution in [2.75, 3.05) is 0 Å². The van der Waals surface area contributed by atoms with Crippen molar-refractivity contribution in [3.05, 3.63) is 41.5 Å². The van der Waals surface area contributed by atoms with Gasteiger partial charge in [-0.1, -0.05) is 44.8 Å². The molecule has 1 aromatic carbocycles. The Balaban J connectivity index is 1.80. The Kier molecular flexibility index (Phi) is 8.11. The average molecular weight is 390 g/mol. The van der Waals surface area contributed by atoms with Crippen LogP contribution in [0.2, 0.25) is 0 Å². The molecule has 2 rings (SSSR count). The van der Waals surface area contributed by atoms with E-state index in [1.807, 2.05) is 0 Å². The van der Waals surface area contributed by atoms with Crippen LogP contribution in [0.5, 0.6) is 5.75 Å². The summed E-state index contributed by atoms with van der Waals surface area (Å²) in [4.78, 5) is 0. The number of aryl methyl sites for hydroxylation is 1. The molecule has 152 valence electrons. The Labute approximate surface area is 157 Å². The third kappa shape index (κ3) is 7.51. The van der Waals surface area contributed by atoms with Crippen LogP contribution in [-0.4, -0.2) is 6.36 Å². The maximum Gasteiger partial charge on any atom is 0.573 e. The van der Waals surface area contributed by atoms with Gasteiger partial charge >= 0.3 is 6.36 Å². The monoisotopic (exact) mass is 390 g/mol. The molecule has 0 saturated heterocycles. The molecule has 0 radical (unpaired) electrons. The lowest BCUT2D eigenvalue weighted by Gasteiger charge is -2.28. The van der Waals surface area contributed by atoms with Crippen LogP contribution < -0.4 is 4.74 Å². The number of hydrogen-bond acceptors (Lipinski definition) is 1. The SMILES string of the molecule is CCC=CCCC1CCC(CCc2cc(F)c(OC(F)(F)F)c(F)c2)CC1. The van der Waals surface area contributed by atoms with E-state index in [0.717, 1.165) is 50.2 Å².